The van der Waals surface area contributed by atoms with Crippen molar-refractivity contribution in [1.29, 1.82) is 0 Å². The molecule has 1 N–H and O–H groups in total. The van der Waals surface area contributed by atoms with Gasteiger partial charge in [-0.25, -0.2) is 8.42 Å². The molecule has 0 heterocycles. The van der Waals surface area contributed by atoms with Crippen LogP contribution < -0.4 is 5.32 Å². The van der Waals surface area contributed by atoms with Gasteiger partial charge in [0.1, 0.15) is 0 Å². The fourth-order valence-electron chi connectivity index (χ4n) is 1.65. The van der Waals surface area contributed by atoms with Gasteiger partial charge in [0.2, 0.25) is 0 Å². The molecule has 3 nitrogen and oxygen atoms in total. The highest BCUT2D eigenvalue weighted by atomic mass is 32.2. The quantitative estimate of drug-likeness (QED) is 0.664. The van der Waals surface area contributed by atoms with Crippen molar-refractivity contribution in [3.63, 3.8) is 0 Å². The second-order valence-corrected chi connectivity index (χ2v) is 6.25. The van der Waals surface area contributed by atoms with Gasteiger partial charge in [0, 0.05) is 12.8 Å². The summed E-state index contributed by atoms with van der Waals surface area (Å²) in [6.45, 7) is 7.42. The van der Waals surface area contributed by atoms with E-state index >= 15 is 0 Å². The third-order valence-electron chi connectivity index (χ3n) is 2.95. The summed E-state index contributed by atoms with van der Waals surface area (Å²) < 4.78 is 22.8. The summed E-state index contributed by atoms with van der Waals surface area (Å²) in [5, 5.41) is 3.21. The molecule has 0 aromatic carbocycles. The predicted molar refractivity (Wildman–Crippen MR) is 61.3 cm³/mol. The van der Waals surface area contributed by atoms with E-state index in [0.29, 0.717) is 19.4 Å². The average Bonchev–Trinajstić information content (AvgIpc) is 2.11. The van der Waals surface area contributed by atoms with Gasteiger partial charge in [-0.3, -0.25) is 0 Å². The van der Waals surface area contributed by atoms with Crippen LogP contribution in [0.15, 0.2) is 0 Å². The van der Waals surface area contributed by atoms with E-state index in [9.17, 15) is 8.42 Å². The second-order valence-electron chi connectivity index (χ2n) is 3.84. The summed E-state index contributed by atoms with van der Waals surface area (Å²) >= 11 is 0. The van der Waals surface area contributed by atoms with Gasteiger partial charge in [0.25, 0.3) is 0 Å². The largest absolute Gasteiger partial charge is 0.315 e. The van der Waals surface area contributed by atoms with Crippen LogP contribution in [0.3, 0.4) is 0 Å². The minimum Gasteiger partial charge on any atom is -0.315 e. The number of sulfone groups is 1. The van der Waals surface area contributed by atoms with E-state index in [1.165, 1.54) is 6.26 Å². The zero-order valence-corrected chi connectivity index (χ0v) is 10.6. The standard InChI is InChI=1S/C10H23NO2S/c1-5-8-11-9-10(6-2,7-3)14(4,12)13/h11H,5-9H2,1-4H3. The summed E-state index contributed by atoms with van der Waals surface area (Å²) in [6, 6.07) is 0. The number of nitrogens with one attached hydrogen (secondary N) is 1. The molecular formula is C10H23NO2S. The second kappa shape index (κ2) is 5.71. The van der Waals surface area contributed by atoms with Crippen molar-refractivity contribution in [1.82, 2.24) is 5.32 Å². The molecule has 0 saturated heterocycles. The first-order valence-corrected chi connectivity index (χ1v) is 7.23. The van der Waals surface area contributed by atoms with Crippen molar-refractivity contribution in [3.8, 4) is 0 Å². The van der Waals surface area contributed by atoms with Crippen LogP contribution >= 0.6 is 0 Å². The maximum Gasteiger partial charge on any atom is 0.154 e. The van der Waals surface area contributed by atoms with E-state index in [1.54, 1.807) is 0 Å². The molecule has 0 atom stereocenters. The molecular weight excluding hydrogens is 198 g/mol. The molecule has 14 heavy (non-hydrogen) atoms. The molecule has 0 amide bonds. The lowest BCUT2D eigenvalue weighted by Gasteiger charge is -2.29. The van der Waals surface area contributed by atoms with Gasteiger partial charge in [0.15, 0.2) is 9.84 Å². The molecule has 86 valence electrons. The molecule has 0 unspecified atom stereocenters. The Bertz CT molecular complexity index is 243. The third-order valence-corrected chi connectivity index (χ3v) is 5.24. The Morgan fingerprint density at radius 3 is 1.93 bits per heavy atom. The molecule has 0 aromatic rings. The molecule has 0 fully saturated rings. The predicted octanol–water partition coefficient (Wildman–Crippen LogP) is 1.59. The lowest BCUT2D eigenvalue weighted by atomic mass is 10.0. The van der Waals surface area contributed by atoms with Gasteiger partial charge in [-0.1, -0.05) is 20.8 Å². The molecule has 0 aliphatic heterocycles. The first-order valence-electron chi connectivity index (χ1n) is 5.33. The molecule has 0 aliphatic rings. The fraction of sp³-hybridized carbons (Fsp3) is 1.00. The molecule has 0 saturated carbocycles. The molecule has 0 aliphatic carbocycles. The Balaban J connectivity index is 4.56. The minimum atomic E-state index is -2.97. The number of hydrogen-bond acceptors (Lipinski definition) is 3. The van der Waals surface area contributed by atoms with Crippen LogP contribution in [0.4, 0.5) is 0 Å². The van der Waals surface area contributed by atoms with Crippen molar-refractivity contribution in [3.05, 3.63) is 0 Å². The highest BCUT2D eigenvalue weighted by molar-refractivity contribution is 7.92. The van der Waals surface area contributed by atoms with E-state index in [4.69, 9.17) is 0 Å². The van der Waals surface area contributed by atoms with Crippen molar-refractivity contribution < 1.29 is 8.42 Å². The fourth-order valence-corrected chi connectivity index (χ4v) is 3.06. The Kier molecular flexibility index (Phi) is 5.67. The molecule has 0 spiro atoms. The van der Waals surface area contributed by atoms with Crippen LogP contribution in [0.2, 0.25) is 0 Å². The van der Waals surface area contributed by atoms with Crippen LogP contribution in [-0.2, 0) is 9.84 Å². The van der Waals surface area contributed by atoms with E-state index in [2.05, 4.69) is 12.2 Å². The highest BCUT2D eigenvalue weighted by Gasteiger charge is 2.36. The Morgan fingerprint density at radius 1 is 1.14 bits per heavy atom. The summed E-state index contributed by atoms with van der Waals surface area (Å²) in [7, 11) is -2.97. The van der Waals surface area contributed by atoms with Gasteiger partial charge < -0.3 is 5.32 Å². The van der Waals surface area contributed by atoms with E-state index in [1.807, 2.05) is 13.8 Å². The molecule has 0 bridgehead atoms. The van der Waals surface area contributed by atoms with Crippen molar-refractivity contribution in [2.24, 2.45) is 0 Å². The minimum absolute atomic E-state index is 0.567. The first-order chi connectivity index (χ1) is 6.43. The maximum absolute atomic E-state index is 11.7. The lowest BCUT2D eigenvalue weighted by molar-refractivity contribution is 0.452. The molecule has 0 rings (SSSR count). The lowest BCUT2D eigenvalue weighted by Crippen LogP contribution is -2.46. The van der Waals surface area contributed by atoms with E-state index < -0.39 is 14.6 Å². The summed E-state index contributed by atoms with van der Waals surface area (Å²) in [6.07, 6.45) is 3.74. The highest BCUT2D eigenvalue weighted by Crippen LogP contribution is 2.24. The third kappa shape index (κ3) is 3.24. The monoisotopic (exact) mass is 221 g/mol. The van der Waals surface area contributed by atoms with Gasteiger partial charge >= 0.3 is 0 Å². The Labute approximate surface area is 88.2 Å². The van der Waals surface area contributed by atoms with Crippen LogP contribution in [0, 0.1) is 0 Å². The van der Waals surface area contributed by atoms with Crippen molar-refractivity contribution in [2.45, 2.75) is 44.8 Å². The van der Waals surface area contributed by atoms with Crippen molar-refractivity contribution >= 4 is 9.84 Å². The molecule has 0 aromatic heterocycles. The average molecular weight is 221 g/mol. The summed E-state index contributed by atoms with van der Waals surface area (Å²) in [5.74, 6) is 0. The number of rotatable bonds is 7. The van der Waals surface area contributed by atoms with Crippen LogP contribution in [0.5, 0.6) is 0 Å². The zero-order valence-electron chi connectivity index (χ0n) is 9.76. The van der Waals surface area contributed by atoms with Crippen LogP contribution in [0.1, 0.15) is 40.0 Å². The van der Waals surface area contributed by atoms with E-state index in [-0.39, 0.29) is 0 Å². The van der Waals surface area contributed by atoms with Gasteiger partial charge in [-0.05, 0) is 25.8 Å². The SMILES string of the molecule is CCCNCC(CC)(CC)S(C)(=O)=O. The zero-order chi connectivity index (χ0) is 11.2. The number of hydrogen-bond donors (Lipinski definition) is 1. The summed E-state index contributed by atoms with van der Waals surface area (Å²) in [4.78, 5) is 0. The van der Waals surface area contributed by atoms with Gasteiger partial charge in [0.05, 0.1) is 4.75 Å². The molecule has 4 heteroatoms. The topological polar surface area (TPSA) is 46.2 Å². The van der Waals surface area contributed by atoms with Gasteiger partial charge in [-0.15, -0.1) is 0 Å². The Morgan fingerprint density at radius 2 is 1.64 bits per heavy atom. The van der Waals surface area contributed by atoms with Crippen molar-refractivity contribution in [2.75, 3.05) is 19.3 Å². The smallest absolute Gasteiger partial charge is 0.154 e. The van der Waals surface area contributed by atoms with Gasteiger partial charge in [-0.2, -0.15) is 0 Å². The normalized spacial score (nSPS) is 13.1. The first kappa shape index (κ1) is 13.9. The Hall–Kier alpha value is -0.0900. The van der Waals surface area contributed by atoms with Crippen LogP contribution in [0.25, 0.3) is 0 Å². The maximum atomic E-state index is 11.7. The van der Waals surface area contributed by atoms with Crippen LogP contribution in [-0.4, -0.2) is 32.5 Å². The molecule has 0 radical (unpaired) electrons. The van der Waals surface area contributed by atoms with E-state index in [0.717, 1.165) is 13.0 Å². The summed E-state index contributed by atoms with van der Waals surface area (Å²) in [5.41, 5.74) is 0.